The van der Waals surface area contributed by atoms with Gasteiger partial charge in [-0.2, -0.15) is 0 Å². The molecule has 0 unspecified atom stereocenters. The molecule has 0 saturated carbocycles. The van der Waals surface area contributed by atoms with E-state index in [4.69, 9.17) is 11.5 Å². The van der Waals surface area contributed by atoms with E-state index in [9.17, 15) is 78.0 Å². The molecule has 126 heavy (non-hydrogen) atoms. The smallest absolute Gasteiger partial charge is 0.326 e. The SMILES string of the molecule is CC(C)C[C@H](NC(=O)[C@H](CCCCN)NC(=O)[C@@H](NC(=O)[C@H](CC(C)C)NC(=O)[C@@H]1CCCN1C(=O)[C@H](CC(=O)O)NC(=O)[C@H](Cc1ccc(O)cc1)NC(=O)[C@H](Cc1c[nH]c2ccccc12)NC(=O)[C@H](Cc1ccccc1)NC(=O)[C@H](C)N)[C@@H](C)O)C(=O)N[C@@H](Cc1c[nH]c2ccccc12)C(=O)N[C@@H](CC(C)C)C(=O)N1CCC[C@H]1C(=O)N[C@H](C(=O)O)C(C)C. The molecule has 0 bridgehead atoms. The summed E-state index contributed by atoms with van der Waals surface area (Å²) in [5, 5.41) is 72.9. The zero-order chi connectivity index (χ0) is 92.3. The Hall–Kier alpha value is -12.3. The van der Waals surface area contributed by atoms with Crippen molar-refractivity contribution in [3.63, 3.8) is 0 Å². The lowest BCUT2D eigenvalue weighted by molar-refractivity contribution is -0.146. The third kappa shape index (κ3) is 28.6. The molecule has 684 valence electrons. The summed E-state index contributed by atoms with van der Waals surface area (Å²) in [5.74, 6) is -15.4. The number of unbranched alkanes of at least 4 members (excludes halogenated alkanes) is 1. The average Bonchev–Trinajstić information content (AvgIpc) is 1.64. The molecule has 21 N–H and O–H groups in total. The van der Waals surface area contributed by atoms with Gasteiger partial charge in [-0.15, -0.1) is 0 Å². The predicted molar refractivity (Wildman–Crippen MR) is 468 cm³/mol. The summed E-state index contributed by atoms with van der Waals surface area (Å²) in [6.07, 6.45) is 1.24. The van der Waals surface area contributed by atoms with Crippen molar-refractivity contribution >= 4 is 111 Å². The molecule has 13 amide bonds. The molecule has 2 aliphatic rings. The number of carboxylic acid groups (broad SMARTS) is 2. The molecule has 15 atom stereocenters. The number of H-pyrrole nitrogens is 2. The second-order valence-corrected chi connectivity index (χ2v) is 34.5. The standard InChI is InChI=1S/C90H125N17O19/c1-48(2)38-64(79(114)99-69(44-57-47-94-62-27-17-15-25-60(57)62)83(118)102-70(40-50(5)6)88(123)107-37-21-30-73(107)86(121)104-75(51(7)8)90(125)126)97-78(113)63(28-18-19-35-91)95-87(122)76(53(10)108)105-84(119)65(39-49(3)4)101-85(120)72-29-20-36-106(72)89(124)71(45-74(110)111)103-81(116)67(42-55-31-33-58(109)34-32-55)98-82(117)68(43-56-46-93-61-26-16-14-24-59(56)61)100-80(115)66(96-77(112)52(9)92)41-54-22-12-11-13-23-54/h11-17,22-27,31-34,46-53,63-73,75-76,93-94,108-109H,18-21,28-30,35-45,91-92H2,1-10H3,(H,95,122)(H,96,112)(H,97,113)(H,98,117)(H,99,114)(H,100,115)(H,101,120)(H,102,118)(H,103,116)(H,104,121)(H,105,119)(H,110,111)(H,125,126)/t52-,53+,63-,64-,65-,66-,67-,68-,69-,70-,71-,72-,73-,75-,76-/m0/s1. The number of hydrogen-bond acceptors (Lipinski definition) is 19. The van der Waals surface area contributed by atoms with Crippen LogP contribution in [0.1, 0.15) is 162 Å². The van der Waals surface area contributed by atoms with E-state index in [1.807, 2.05) is 32.0 Å². The van der Waals surface area contributed by atoms with E-state index in [1.165, 1.54) is 43.0 Å². The van der Waals surface area contributed by atoms with Crippen molar-refractivity contribution in [1.29, 1.82) is 0 Å². The third-order valence-electron chi connectivity index (χ3n) is 22.3. The first-order chi connectivity index (χ1) is 59.8. The van der Waals surface area contributed by atoms with Gasteiger partial charge in [0.05, 0.1) is 18.6 Å². The van der Waals surface area contributed by atoms with Crippen molar-refractivity contribution < 1.29 is 92.3 Å². The molecule has 2 fully saturated rings. The first kappa shape index (κ1) is 99.1. The number of amides is 13. The Balaban J connectivity index is 0.986. The lowest BCUT2D eigenvalue weighted by atomic mass is 9.98. The number of hydrogen-bond donors (Lipinski definition) is 19. The van der Waals surface area contributed by atoms with Crippen LogP contribution in [0.5, 0.6) is 5.75 Å². The fourth-order valence-corrected chi connectivity index (χ4v) is 15.7. The van der Waals surface area contributed by atoms with E-state index in [2.05, 4.69) is 68.5 Å². The van der Waals surface area contributed by atoms with Gasteiger partial charge in [0.1, 0.15) is 84.3 Å². The van der Waals surface area contributed by atoms with Crippen LogP contribution in [0.4, 0.5) is 0 Å². The van der Waals surface area contributed by atoms with Gasteiger partial charge >= 0.3 is 11.9 Å². The summed E-state index contributed by atoms with van der Waals surface area (Å²) in [6.45, 7) is 16.8. The zero-order valence-corrected chi connectivity index (χ0v) is 73.1. The number of carboxylic acids is 2. The number of rotatable bonds is 47. The molecule has 2 aliphatic heterocycles. The van der Waals surface area contributed by atoms with Crippen molar-refractivity contribution in [2.24, 2.45) is 35.1 Å². The number of para-hydroxylation sites is 2. The molecule has 8 rings (SSSR count). The number of aliphatic hydroxyl groups is 1. The number of carbonyl (C=O) groups is 15. The number of aromatic amines is 2. The van der Waals surface area contributed by atoms with Crippen molar-refractivity contribution in [1.82, 2.24) is 78.3 Å². The van der Waals surface area contributed by atoms with E-state index in [0.29, 0.717) is 46.0 Å². The fourth-order valence-electron chi connectivity index (χ4n) is 15.7. The van der Waals surface area contributed by atoms with Gasteiger partial charge in [-0.05, 0) is 155 Å². The maximum absolute atomic E-state index is 15.1. The van der Waals surface area contributed by atoms with Crippen LogP contribution in [0.25, 0.3) is 21.8 Å². The largest absolute Gasteiger partial charge is 0.508 e. The number of phenols is 1. The van der Waals surface area contributed by atoms with E-state index >= 15 is 14.4 Å². The maximum atomic E-state index is 15.1. The summed E-state index contributed by atoms with van der Waals surface area (Å²) in [6, 6.07) is 8.90. The second kappa shape index (κ2) is 47.1. The predicted octanol–water partition coefficient (Wildman–Crippen LogP) is 2.15. The summed E-state index contributed by atoms with van der Waals surface area (Å²) >= 11 is 0. The number of aliphatic hydroxyl groups excluding tert-OH is 1. The highest BCUT2D eigenvalue weighted by Crippen LogP contribution is 2.27. The number of aliphatic carboxylic acids is 2. The first-order valence-electron chi connectivity index (χ1n) is 43.3. The monoisotopic (exact) mass is 1750 g/mol. The van der Waals surface area contributed by atoms with Crippen molar-refractivity contribution in [2.45, 2.75) is 256 Å². The minimum Gasteiger partial charge on any atom is -0.508 e. The van der Waals surface area contributed by atoms with Gasteiger partial charge in [0.15, 0.2) is 0 Å². The Morgan fingerprint density at radius 1 is 0.421 bits per heavy atom. The number of nitrogens with zero attached hydrogens (tertiary/aromatic N) is 2. The Kier molecular flexibility index (Phi) is 37.1. The van der Waals surface area contributed by atoms with Crippen LogP contribution in [0.15, 0.2) is 116 Å². The summed E-state index contributed by atoms with van der Waals surface area (Å²) in [7, 11) is 0. The van der Waals surface area contributed by atoms with Crippen LogP contribution in [0.3, 0.4) is 0 Å². The Morgan fingerprint density at radius 2 is 0.810 bits per heavy atom. The lowest BCUT2D eigenvalue weighted by Gasteiger charge is -2.32. The van der Waals surface area contributed by atoms with Crippen LogP contribution in [-0.4, -0.2) is 239 Å². The second-order valence-electron chi connectivity index (χ2n) is 34.5. The molecule has 2 saturated heterocycles. The van der Waals surface area contributed by atoms with Crippen molar-refractivity contribution in [3.8, 4) is 5.75 Å². The summed E-state index contributed by atoms with van der Waals surface area (Å²) in [4.78, 5) is 224. The van der Waals surface area contributed by atoms with Gasteiger partial charge in [-0.1, -0.05) is 134 Å². The van der Waals surface area contributed by atoms with Gasteiger partial charge in [0.2, 0.25) is 76.8 Å². The molecule has 36 heteroatoms. The number of likely N-dealkylation sites (tertiary alicyclic amines) is 2. The maximum Gasteiger partial charge on any atom is 0.326 e. The van der Waals surface area contributed by atoms with Gasteiger partial charge in [0, 0.05) is 73.0 Å². The highest BCUT2D eigenvalue weighted by molar-refractivity contribution is 6.02. The van der Waals surface area contributed by atoms with Gasteiger partial charge in [0.25, 0.3) is 0 Å². The molecular formula is C90H125N17O19. The van der Waals surface area contributed by atoms with Gasteiger partial charge in [-0.3, -0.25) is 67.1 Å². The van der Waals surface area contributed by atoms with Crippen LogP contribution in [0.2, 0.25) is 0 Å². The zero-order valence-electron chi connectivity index (χ0n) is 73.1. The first-order valence-corrected chi connectivity index (χ1v) is 43.3. The summed E-state index contributed by atoms with van der Waals surface area (Å²) in [5.41, 5.74) is 15.5. The number of phenolic OH excluding ortho intramolecular Hbond substituents is 1. The minimum atomic E-state index is -1.91. The molecule has 6 aromatic rings. The van der Waals surface area contributed by atoms with Crippen LogP contribution in [0, 0.1) is 23.7 Å². The Bertz CT molecular complexity index is 4780. The van der Waals surface area contributed by atoms with Crippen molar-refractivity contribution in [2.75, 3.05) is 19.6 Å². The molecule has 0 aliphatic carbocycles. The normalized spacial score (nSPS) is 17.1. The quantitative estimate of drug-likeness (QED) is 0.0243. The number of nitrogens with one attached hydrogen (secondary N) is 13. The number of nitrogens with two attached hydrogens (primary N) is 2. The third-order valence-corrected chi connectivity index (χ3v) is 22.3. The van der Waals surface area contributed by atoms with E-state index in [-0.39, 0.29) is 120 Å². The van der Waals surface area contributed by atoms with E-state index in [1.54, 1.807) is 115 Å². The lowest BCUT2D eigenvalue weighted by Crippen LogP contribution is -2.62. The Morgan fingerprint density at radius 3 is 1.27 bits per heavy atom. The average molecular weight is 1750 g/mol. The fraction of sp³-hybridized carbons (Fsp3) is 0.522. The minimum absolute atomic E-state index is 0.0146. The molecule has 0 spiro atoms. The highest BCUT2D eigenvalue weighted by Gasteiger charge is 2.45. The molecule has 4 heterocycles. The number of carbonyl (C=O) groups excluding carboxylic acids is 13. The van der Waals surface area contributed by atoms with Crippen molar-refractivity contribution in [3.05, 3.63) is 138 Å². The van der Waals surface area contributed by atoms with Crippen LogP contribution in [-0.2, 0) is 97.6 Å². The van der Waals surface area contributed by atoms with E-state index in [0.717, 1.165) is 15.8 Å². The van der Waals surface area contributed by atoms with Gasteiger partial charge in [-0.25, -0.2) is 4.79 Å². The molecule has 4 aromatic carbocycles. The summed E-state index contributed by atoms with van der Waals surface area (Å²) < 4.78 is 0. The number of fused-ring (bicyclic) bond motifs is 2. The number of aromatic nitrogens is 2. The topological polar surface area (TPSA) is 559 Å². The highest BCUT2D eigenvalue weighted by atomic mass is 16.4. The number of benzene rings is 4. The molecule has 2 aromatic heterocycles. The van der Waals surface area contributed by atoms with Crippen LogP contribution >= 0.6 is 0 Å². The molecule has 36 nitrogen and oxygen atoms in total. The van der Waals surface area contributed by atoms with Crippen LogP contribution < -0.4 is 70.0 Å². The van der Waals surface area contributed by atoms with Gasteiger partial charge < -0.3 is 110 Å². The van der Waals surface area contributed by atoms with E-state index < -0.39 is 192 Å². The number of aromatic hydroxyl groups is 1. The molecular weight excluding hydrogens is 1620 g/mol. The molecule has 0 radical (unpaired) electrons. The Labute approximate surface area is 732 Å².